The molecule has 0 fully saturated rings. The summed E-state index contributed by atoms with van der Waals surface area (Å²) in [5.74, 6) is -0.138. The van der Waals surface area contributed by atoms with Gasteiger partial charge < -0.3 is 0 Å². The predicted molar refractivity (Wildman–Crippen MR) is 106 cm³/mol. The highest BCUT2D eigenvalue weighted by Crippen LogP contribution is 2.26. The number of hydrogen-bond donors (Lipinski definition) is 1. The van der Waals surface area contributed by atoms with Crippen molar-refractivity contribution in [2.45, 2.75) is 4.90 Å². The third kappa shape index (κ3) is 4.13. The van der Waals surface area contributed by atoms with E-state index in [1.165, 1.54) is 14.9 Å². The van der Waals surface area contributed by atoms with Gasteiger partial charge >= 0.3 is 0 Å². The van der Waals surface area contributed by atoms with Gasteiger partial charge in [-0.05, 0) is 65.2 Å². The number of carbonyl (C=O) groups excluding carboxylic acids is 1. The summed E-state index contributed by atoms with van der Waals surface area (Å²) in [7, 11) is 0. The molecule has 1 amide bonds. The van der Waals surface area contributed by atoms with Crippen molar-refractivity contribution in [3.05, 3.63) is 63.0 Å². The number of nitrogens with one attached hydrogen (secondary N) is 1. The van der Waals surface area contributed by atoms with Crippen LogP contribution in [0.2, 0.25) is 0 Å². The summed E-state index contributed by atoms with van der Waals surface area (Å²) in [5.41, 5.74) is 2.56. The molecule has 0 aliphatic heterocycles. The van der Waals surface area contributed by atoms with Crippen LogP contribution in [0.4, 0.5) is 5.13 Å². The second-order valence-electron chi connectivity index (χ2n) is 4.73. The Bertz CT molecular complexity index is 813. The van der Waals surface area contributed by atoms with Gasteiger partial charge in [0.1, 0.15) is 0 Å². The smallest absolute Gasteiger partial charge is 0.257 e. The van der Waals surface area contributed by atoms with Gasteiger partial charge in [-0.1, -0.05) is 12.1 Å². The van der Waals surface area contributed by atoms with Crippen molar-refractivity contribution in [2.75, 3.05) is 11.6 Å². The van der Waals surface area contributed by atoms with Crippen LogP contribution in [0.15, 0.2) is 58.8 Å². The fourth-order valence-electron chi connectivity index (χ4n) is 2.00. The lowest BCUT2D eigenvalue weighted by molar-refractivity contribution is 0.102. The zero-order valence-corrected chi connectivity index (χ0v) is 16.0. The molecule has 3 rings (SSSR count). The van der Waals surface area contributed by atoms with E-state index in [9.17, 15) is 4.79 Å². The standard InChI is InChI=1S/C17H13IN2OS2/c1-22-14-8-4-12(5-9-14)16(21)20-17-19-15(10-23-17)11-2-6-13(18)7-3-11/h2-10H,1H3,(H,19,20,21). The summed E-state index contributed by atoms with van der Waals surface area (Å²) in [6.07, 6.45) is 2.01. The number of thiazole rings is 1. The van der Waals surface area contributed by atoms with Gasteiger partial charge in [0.25, 0.3) is 5.91 Å². The lowest BCUT2D eigenvalue weighted by Crippen LogP contribution is -2.11. The molecule has 0 unspecified atom stereocenters. The Balaban J connectivity index is 1.73. The Hall–Kier alpha value is -1.38. The fourth-order valence-corrected chi connectivity index (χ4v) is 3.48. The number of halogens is 1. The van der Waals surface area contributed by atoms with Crippen LogP contribution in [0.25, 0.3) is 11.3 Å². The molecule has 1 aromatic heterocycles. The SMILES string of the molecule is CSc1ccc(C(=O)Nc2nc(-c3ccc(I)cc3)cs2)cc1. The molecule has 0 bridgehead atoms. The maximum atomic E-state index is 12.3. The average Bonchev–Trinajstić information content (AvgIpc) is 3.04. The normalized spacial score (nSPS) is 10.5. The molecule has 3 aromatic rings. The molecule has 3 nitrogen and oxygen atoms in total. The molecule has 0 atom stereocenters. The molecular formula is C17H13IN2OS2. The van der Waals surface area contributed by atoms with E-state index in [2.05, 4.69) is 32.9 Å². The Morgan fingerprint density at radius 1 is 1.13 bits per heavy atom. The van der Waals surface area contributed by atoms with Gasteiger partial charge in [-0.2, -0.15) is 0 Å². The summed E-state index contributed by atoms with van der Waals surface area (Å²) < 4.78 is 1.18. The highest BCUT2D eigenvalue weighted by Gasteiger charge is 2.10. The highest BCUT2D eigenvalue weighted by molar-refractivity contribution is 14.1. The van der Waals surface area contributed by atoms with Crippen LogP contribution in [0.3, 0.4) is 0 Å². The summed E-state index contributed by atoms with van der Waals surface area (Å²) in [4.78, 5) is 17.9. The number of amides is 1. The molecule has 2 aromatic carbocycles. The van der Waals surface area contributed by atoms with Crippen LogP contribution in [0, 0.1) is 3.57 Å². The fraction of sp³-hybridized carbons (Fsp3) is 0.0588. The topological polar surface area (TPSA) is 42.0 Å². The van der Waals surface area contributed by atoms with Crippen molar-refractivity contribution in [1.82, 2.24) is 4.98 Å². The zero-order valence-electron chi connectivity index (χ0n) is 12.2. The van der Waals surface area contributed by atoms with E-state index in [1.54, 1.807) is 11.8 Å². The minimum Gasteiger partial charge on any atom is -0.298 e. The van der Waals surface area contributed by atoms with Crippen LogP contribution in [-0.4, -0.2) is 17.1 Å². The van der Waals surface area contributed by atoms with Crippen LogP contribution in [0.1, 0.15) is 10.4 Å². The first-order chi connectivity index (χ1) is 11.2. The molecule has 116 valence electrons. The van der Waals surface area contributed by atoms with Gasteiger partial charge in [0, 0.05) is 25.0 Å². The number of carbonyl (C=O) groups is 1. The van der Waals surface area contributed by atoms with Crippen molar-refractivity contribution >= 4 is 56.7 Å². The molecule has 1 N–H and O–H groups in total. The maximum Gasteiger partial charge on any atom is 0.257 e. The van der Waals surface area contributed by atoms with Gasteiger partial charge in [-0.15, -0.1) is 23.1 Å². The lowest BCUT2D eigenvalue weighted by atomic mass is 10.2. The number of rotatable bonds is 4. The molecule has 1 heterocycles. The van der Waals surface area contributed by atoms with Gasteiger partial charge in [-0.25, -0.2) is 4.98 Å². The summed E-state index contributed by atoms with van der Waals surface area (Å²) in [6, 6.07) is 15.7. The lowest BCUT2D eigenvalue weighted by Gasteiger charge is -2.02. The molecule has 0 saturated heterocycles. The summed E-state index contributed by atoms with van der Waals surface area (Å²) >= 11 is 5.35. The second kappa shape index (κ2) is 7.46. The van der Waals surface area contributed by atoms with Gasteiger partial charge in [-0.3, -0.25) is 10.1 Å². The third-order valence-corrected chi connectivity index (χ3v) is 5.44. The first kappa shape index (κ1) is 16.5. The number of hydrogen-bond acceptors (Lipinski definition) is 4. The van der Waals surface area contributed by atoms with Crippen LogP contribution in [0.5, 0.6) is 0 Å². The molecule has 23 heavy (non-hydrogen) atoms. The second-order valence-corrected chi connectivity index (χ2v) is 7.71. The Labute approximate surface area is 156 Å². The first-order valence-corrected chi connectivity index (χ1v) is 10.0. The quantitative estimate of drug-likeness (QED) is 0.427. The predicted octanol–water partition coefficient (Wildman–Crippen LogP) is 5.39. The molecule has 0 radical (unpaired) electrons. The van der Waals surface area contributed by atoms with Crippen molar-refractivity contribution in [1.29, 1.82) is 0 Å². The van der Waals surface area contributed by atoms with E-state index in [1.807, 2.05) is 60.2 Å². The molecule has 0 saturated carbocycles. The van der Waals surface area contributed by atoms with E-state index in [0.29, 0.717) is 10.7 Å². The van der Waals surface area contributed by atoms with E-state index < -0.39 is 0 Å². The molecule has 0 spiro atoms. The van der Waals surface area contributed by atoms with E-state index in [4.69, 9.17) is 0 Å². The Morgan fingerprint density at radius 2 is 1.83 bits per heavy atom. The van der Waals surface area contributed by atoms with Crippen LogP contribution < -0.4 is 5.32 Å². The summed E-state index contributed by atoms with van der Waals surface area (Å²) in [5, 5.41) is 5.42. The highest BCUT2D eigenvalue weighted by atomic mass is 127. The van der Waals surface area contributed by atoms with Crippen molar-refractivity contribution in [3.63, 3.8) is 0 Å². The van der Waals surface area contributed by atoms with Gasteiger partial charge in [0.15, 0.2) is 5.13 Å². The largest absolute Gasteiger partial charge is 0.298 e. The minimum absolute atomic E-state index is 0.138. The number of anilines is 1. The van der Waals surface area contributed by atoms with Crippen molar-refractivity contribution in [2.24, 2.45) is 0 Å². The Morgan fingerprint density at radius 3 is 2.48 bits per heavy atom. The number of benzene rings is 2. The maximum absolute atomic E-state index is 12.3. The molecule has 0 aliphatic rings. The number of nitrogens with zero attached hydrogens (tertiary/aromatic N) is 1. The molecule has 0 aliphatic carbocycles. The van der Waals surface area contributed by atoms with E-state index in [-0.39, 0.29) is 5.91 Å². The van der Waals surface area contributed by atoms with Crippen molar-refractivity contribution in [3.8, 4) is 11.3 Å². The van der Waals surface area contributed by atoms with E-state index >= 15 is 0 Å². The molecule has 6 heteroatoms. The molecular weight excluding hydrogens is 439 g/mol. The zero-order chi connectivity index (χ0) is 16.2. The average molecular weight is 452 g/mol. The first-order valence-electron chi connectivity index (χ1n) is 6.82. The monoisotopic (exact) mass is 452 g/mol. The van der Waals surface area contributed by atoms with E-state index in [0.717, 1.165) is 16.2 Å². The number of aromatic nitrogens is 1. The van der Waals surface area contributed by atoms with Gasteiger partial charge in [0.2, 0.25) is 0 Å². The third-order valence-electron chi connectivity index (χ3n) is 3.22. The van der Waals surface area contributed by atoms with Crippen molar-refractivity contribution < 1.29 is 4.79 Å². The Kier molecular flexibility index (Phi) is 5.34. The van der Waals surface area contributed by atoms with Crippen LogP contribution >= 0.6 is 45.7 Å². The van der Waals surface area contributed by atoms with Crippen LogP contribution in [-0.2, 0) is 0 Å². The summed E-state index contributed by atoms with van der Waals surface area (Å²) in [6.45, 7) is 0. The van der Waals surface area contributed by atoms with Gasteiger partial charge in [0.05, 0.1) is 5.69 Å². The number of thioether (sulfide) groups is 1. The minimum atomic E-state index is -0.138.